The Balaban J connectivity index is 2.38. The number of phenolic OH excluding ortho intramolecular Hbond substituents is 1. The summed E-state index contributed by atoms with van der Waals surface area (Å²) in [6.07, 6.45) is 0. The van der Waals surface area contributed by atoms with Crippen molar-refractivity contribution in [1.82, 2.24) is 4.98 Å². The number of carbonyl (C=O) groups is 1. The zero-order valence-corrected chi connectivity index (χ0v) is 12.3. The first-order chi connectivity index (χ1) is 10.1. The number of pyridine rings is 1. The van der Waals surface area contributed by atoms with Crippen LogP contribution in [0.4, 0.5) is 0 Å². The lowest BCUT2D eigenvalue weighted by atomic mass is 10.0. The number of aromatic nitrogens is 1. The molecule has 2 N–H and O–H groups in total. The third kappa shape index (κ3) is 2.36. The first-order valence-corrected chi connectivity index (χ1v) is 6.98. The summed E-state index contributed by atoms with van der Waals surface area (Å²) in [5.74, 6) is -0.968. The van der Waals surface area contributed by atoms with Crippen molar-refractivity contribution in [3.63, 3.8) is 0 Å². The maximum Gasteiger partial charge on any atom is 0.336 e. The van der Waals surface area contributed by atoms with Gasteiger partial charge in [-0.1, -0.05) is 24.3 Å². The Hall–Kier alpha value is -2.40. The monoisotopic (exact) mass is 343 g/mol. The van der Waals surface area contributed by atoms with Crippen molar-refractivity contribution >= 4 is 32.8 Å². The molecule has 0 atom stereocenters. The van der Waals surface area contributed by atoms with Gasteiger partial charge in [0.25, 0.3) is 0 Å². The van der Waals surface area contributed by atoms with Gasteiger partial charge in [0.15, 0.2) is 0 Å². The van der Waals surface area contributed by atoms with Crippen molar-refractivity contribution < 1.29 is 15.0 Å². The normalized spacial score (nSPS) is 10.7. The van der Waals surface area contributed by atoms with Crippen molar-refractivity contribution in [1.29, 1.82) is 0 Å². The number of para-hydroxylation sites is 2. The maximum absolute atomic E-state index is 11.5. The number of carboxylic acids is 1. The summed E-state index contributed by atoms with van der Waals surface area (Å²) in [6, 6.07) is 13.5. The molecule has 0 saturated carbocycles. The summed E-state index contributed by atoms with van der Waals surface area (Å²) < 4.78 is 0.708. The SMILES string of the molecule is O=C(O)c1cc(-c2ccccc2O)nc2c(Br)cccc12. The zero-order valence-electron chi connectivity index (χ0n) is 10.7. The summed E-state index contributed by atoms with van der Waals surface area (Å²) in [4.78, 5) is 16.0. The molecule has 3 aromatic rings. The molecule has 0 saturated heterocycles. The molecule has 0 fully saturated rings. The highest BCUT2D eigenvalue weighted by Gasteiger charge is 2.15. The molecule has 0 amide bonds. The van der Waals surface area contributed by atoms with E-state index in [2.05, 4.69) is 20.9 Å². The number of aromatic carboxylic acids is 1. The number of nitrogens with zero attached hydrogens (tertiary/aromatic N) is 1. The van der Waals surface area contributed by atoms with Crippen LogP contribution in [-0.2, 0) is 0 Å². The fourth-order valence-corrected chi connectivity index (χ4v) is 2.67. The van der Waals surface area contributed by atoms with Gasteiger partial charge in [-0.3, -0.25) is 0 Å². The lowest BCUT2D eigenvalue weighted by Gasteiger charge is -2.09. The molecule has 0 aliphatic heterocycles. The zero-order chi connectivity index (χ0) is 15.0. The number of phenols is 1. The Labute approximate surface area is 128 Å². The van der Waals surface area contributed by atoms with E-state index in [1.54, 1.807) is 42.5 Å². The average molecular weight is 344 g/mol. The number of halogens is 1. The van der Waals surface area contributed by atoms with Gasteiger partial charge in [0.1, 0.15) is 5.75 Å². The van der Waals surface area contributed by atoms with Crippen molar-refractivity contribution in [3.05, 3.63) is 58.6 Å². The maximum atomic E-state index is 11.5. The predicted molar refractivity (Wildman–Crippen MR) is 83.5 cm³/mol. The van der Waals surface area contributed by atoms with Crippen molar-refractivity contribution in [2.45, 2.75) is 0 Å². The second kappa shape index (κ2) is 5.18. The van der Waals surface area contributed by atoms with Gasteiger partial charge < -0.3 is 10.2 Å². The second-order valence-electron chi connectivity index (χ2n) is 4.51. The molecule has 0 bridgehead atoms. The first-order valence-electron chi connectivity index (χ1n) is 6.19. The standard InChI is InChI=1S/C16H10BrNO3/c17-12-6-3-5-9-11(16(20)21)8-13(18-15(9)12)10-4-1-2-7-14(10)19/h1-8,19H,(H,20,21). The molecular formula is C16H10BrNO3. The number of rotatable bonds is 2. The third-order valence-corrected chi connectivity index (χ3v) is 3.84. The molecule has 0 radical (unpaired) electrons. The number of hydrogen-bond donors (Lipinski definition) is 2. The van der Waals surface area contributed by atoms with E-state index < -0.39 is 5.97 Å². The average Bonchev–Trinajstić information content (AvgIpc) is 2.47. The number of aromatic hydroxyl groups is 1. The van der Waals surface area contributed by atoms with Gasteiger partial charge >= 0.3 is 5.97 Å². The van der Waals surface area contributed by atoms with Gasteiger partial charge in [-0.2, -0.15) is 0 Å². The molecule has 4 nitrogen and oxygen atoms in total. The first kappa shape index (κ1) is 13.6. The molecule has 1 heterocycles. The highest BCUT2D eigenvalue weighted by atomic mass is 79.9. The Bertz CT molecular complexity index is 861. The third-order valence-electron chi connectivity index (χ3n) is 3.20. The van der Waals surface area contributed by atoms with E-state index in [9.17, 15) is 15.0 Å². The number of hydrogen-bond acceptors (Lipinski definition) is 3. The van der Waals surface area contributed by atoms with Crippen LogP contribution >= 0.6 is 15.9 Å². The quantitative estimate of drug-likeness (QED) is 0.735. The molecule has 0 aliphatic carbocycles. The summed E-state index contributed by atoms with van der Waals surface area (Å²) in [7, 11) is 0. The van der Waals surface area contributed by atoms with Crippen LogP contribution in [0.2, 0.25) is 0 Å². The van der Waals surface area contributed by atoms with E-state index in [-0.39, 0.29) is 11.3 Å². The van der Waals surface area contributed by atoms with Crippen LogP contribution in [0.25, 0.3) is 22.2 Å². The minimum atomic E-state index is -1.03. The minimum Gasteiger partial charge on any atom is -0.507 e. The topological polar surface area (TPSA) is 70.4 Å². The van der Waals surface area contributed by atoms with Gasteiger partial charge in [-0.05, 0) is 40.2 Å². The lowest BCUT2D eigenvalue weighted by Crippen LogP contribution is -2.00. The number of benzene rings is 2. The van der Waals surface area contributed by atoms with Crippen LogP contribution in [0.3, 0.4) is 0 Å². The molecule has 21 heavy (non-hydrogen) atoms. The summed E-state index contributed by atoms with van der Waals surface area (Å²) in [6.45, 7) is 0. The summed E-state index contributed by atoms with van der Waals surface area (Å²) in [5.41, 5.74) is 1.62. The van der Waals surface area contributed by atoms with E-state index in [0.717, 1.165) is 0 Å². The molecule has 0 spiro atoms. The van der Waals surface area contributed by atoms with E-state index in [1.807, 2.05) is 0 Å². The van der Waals surface area contributed by atoms with Crippen molar-refractivity contribution in [2.24, 2.45) is 0 Å². The molecule has 5 heteroatoms. The van der Waals surface area contributed by atoms with Gasteiger partial charge in [0, 0.05) is 15.4 Å². The van der Waals surface area contributed by atoms with E-state index in [1.165, 1.54) is 6.07 Å². The lowest BCUT2D eigenvalue weighted by molar-refractivity contribution is 0.0699. The van der Waals surface area contributed by atoms with Crippen LogP contribution in [0.5, 0.6) is 5.75 Å². The van der Waals surface area contributed by atoms with Crippen LogP contribution in [0.15, 0.2) is 53.0 Å². The largest absolute Gasteiger partial charge is 0.507 e. The molecule has 3 rings (SSSR count). The minimum absolute atomic E-state index is 0.0627. The van der Waals surface area contributed by atoms with E-state index in [4.69, 9.17) is 0 Å². The molecule has 2 aromatic carbocycles. The van der Waals surface area contributed by atoms with Crippen LogP contribution in [-0.4, -0.2) is 21.2 Å². The summed E-state index contributed by atoms with van der Waals surface area (Å²) >= 11 is 3.39. The molecule has 104 valence electrons. The van der Waals surface area contributed by atoms with Gasteiger partial charge in [-0.25, -0.2) is 9.78 Å². The Morgan fingerprint density at radius 1 is 1.10 bits per heavy atom. The van der Waals surface area contributed by atoms with Crippen LogP contribution in [0.1, 0.15) is 10.4 Å². The fraction of sp³-hybridized carbons (Fsp3) is 0. The van der Waals surface area contributed by atoms with Crippen molar-refractivity contribution in [2.75, 3.05) is 0 Å². The van der Waals surface area contributed by atoms with Crippen LogP contribution < -0.4 is 0 Å². The Morgan fingerprint density at radius 2 is 1.86 bits per heavy atom. The molecule has 1 aromatic heterocycles. The predicted octanol–water partition coefficient (Wildman–Crippen LogP) is 4.07. The highest BCUT2D eigenvalue weighted by Crippen LogP contribution is 2.32. The molecule has 0 unspecified atom stereocenters. The van der Waals surface area contributed by atoms with Gasteiger partial charge in [-0.15, -0.1) is 0 Å². The van der Waals surface area contributed by atoms with Gasteiger partial charge in [0.05, 0.1) is 16.8 Å². The second-order valence-corrected chi connectivity index (χ2v) is 5.37. The summed E-state index contributed by atoms with van der Waals surface area (Å²) in [5, 5.41) is 19.9. The smallest absolute Gasteiger partial charge is 0.336 e. The highest BCUT2D eigenvalue weighted by molar-refractivity contribution is 9.10. The van der Waals surface area contributed by atoms with Crippen LogP contribution in [0, 0.1) is 0 Å². The Morgan fingerprint density at radius 3 is 2.57 bits per heavy atom. The molecule has 0 aliphatic rings. The van der Waals surface area contributed by atoms with Crippen molar-refractivity contribution in [3.8, 4) is 17.0 Å². The fourth-order valence-electron chi connectivity index (χ4n) is 2.22. The van der Waals surface area contributed by atoms with E-state index in [0.29, 0.717) is 26.6 Å². The Kier molecular flexibility index (Phi) is 3.35. The number of fused-ring (bicyclic) bond motifs is 1. The van der Waals surface area contributed by atoms with E-state index >= 15 is 0 Å². The van der Waals surface area contributed by atoms with Gasteiger partial charge in [0.2, 0.25) is 0 Å². The molecular weight excluding hydrogens is 334 g/mol. The number of carboxylic acid groups (broad SMARTS) is 1.